The lowest BCUT2D eigenvalue weighted by Gasteiger charge is -2.05. The summed E-state index contributed by atoms with van der Waals surface area (Å²) in [4.78, 5) is 0. The minimum atomic E-state index is -4.11. The van der Waals surface area contributed by atoms with Gasteiger partial charge in [-0.05, 0) is 12.8 Å². The number of nitrogens with zero attached hydrogens (tertiary/aromatic N) is 3. The van der Waals surface area contributed by atoms with E-state index in [1.54, 1.807) is 6.20 Å². The highest BCUT2D eigenvalue weighted by molar-refractivity contribution is 4.99. The Balaban J connectivity index is 2.40. The van der Waals surface area contributed by atoms with E-state index in [4.69, 9.17) is 5.73 Å². The molecule has 0 fully saturated rings. The maximum Gasteiger partial charge on any atom is 0.389 e. The molecule has 0 spiro atoms. The minimum absolute atomic E-state index is 0.00924. The number of nitrogens with two attached hydrogens (primary N) is 1. The van der Waals surface area contributed by atoms with Crippen molar-refractivity contribution in [3.63, 3.8) is 0 Å². The molecule has 1 aromatic heterocycles. The van der Waals surface area contributed by atoms with Gasteiger partial charge in [0.25, 0.3) is 0 Å². The predicted molar refractivity (Wildman–Crippen MR) is 57.1 cm³/mol. The van der Waals surface area contributed by atoms with Crippen molar-refractivity contribution in [2.45, 2.75) is 51.4 Å². The Morgan fingerprint density at radius 1 is 1.47 bits per heavy atom. The van der Waals surface area contributed by atoms with Crippen LogP contribution in [-0.4, -0.2) is 21.2 Å². The summed E-state index contributed by atoms with van der Waals surface area (Å²) >= 11 is 0. The van der Waals surface area contributed by atoms with Gasteiger partial charge in [-0.25, -0.2) is 0 Å². The van der Waals surface area contributed by atoms with Crippen molar-refractivity contribution < 1.29 is 13.2 Å². The van der Waals surface area contributed by atoms with Gasteiger partial charge < -0.3 is 5.73 Å². The second-order valence-electron chi connectivity index (χ2n) is 4.02. The van der Waals surface area contributed by atoms with Crippen molar-refractivity contribution in [3.8, 4) is 0 Å². The molecular weight excluding hydrogens is 233 g/mol. The Kier molecular flexibility index (Phi) is 4.92. The maximum atomic E-state index is 11.9. The average molecular weight is 250 g/mol. The van der Waals surface area contributed by atoms with Crippen LogP contribution in [0.1, 0.15) is 44.3 Å². The normalized spacial score (nSPS) is 13.9. The van der Waals surface area contributed by atoms with E-state index >= 15 is 0 Å². The van der Waals surface area contributed by atoms with Gasteiger partial charge in [0.15, 0.2) is 0 Å². The summed E-state index contributed by atoms with van der Waals surface area (Å²) in [5.74, 6) is 0. The quantitative estimate of drug-likeness (QED) is 0.843. The zero-order chi connectivity index (χ0) is 12.9. The van der Waals surface area contributed by atoms with E-state index in [1.165, 1.54) is 4.68 Å². The molecule has 1 aromatic rings. The molecule has 0 aliphatic carbocycles. The first-order valence-corrected chi connectivity index (χ1v) is 5.64. The first-order valence-electron chi connectivity index (χ1n) is 5.64. The van der Waals surface area contributed by atoms with Crippen LogP contribution in [0.2, 0.25) is 0 Å². The van der Waals surface area contributed by atoms with Gasteiger partial charge in [-0.1, -0.05) is 18.6 Å². The van der Waals surface area contributed by atoms with Crippen molar-refractivity contribution in [3.05, 3.63) is 11.9 Å². The van der Waals surface area contributed by atoms with Crippen LogP contribution in [0, 0.1) is 0 Å². The van der Waals surface area contributed by atoms with Crippen LogP contribution in [0.4, 0.5) is 13.2 Å². The third-order valence-electron chi connectivity index (χ3n) is 2.38. The molecule has 98 valence electrons. The smallest absolute Gasteiger partial charge is 0.323 e. The molecule has 4 nitrogen and oxygen atoms in total. The standard InChI is InChI=1S/C10H17F3N4/c1-2-4-8(14)9-7-17(16-15-9)6-3-5-10(11,12)13/h7-8H,2-6,14H2,1H3. The zero-order valence-electron chi connectivity index (χ0n) is 9.74. The van der Waals surface area contributed by atoms with E-state index in [0.717, 1.165) is 12.8 Å². The van der Waals surface area contributed by atoms with Gasteiger partial charge in [-0.2, -0.15) is 13.2 Å². The number of hydrogen-bond acceptors (Lipinski definition) is 3. The van der Waals surface area contributed by atoms with E-state index in [0.29, 0.717) is 5.69 Å². The monoisotopic (exact) mass is 250 g/mol. The summed E-state index contributed by atoms with van der Waals surface area (Å²) < 4.78 is 37.2. The van der Waals surface area contributed by atoms with E-state index < -0.39 is 12.6 Å². The van der Waals surface area contributed by atoms with E-state index in [-0.39, 0.29) is 19.0 Å². The third-order valence-corrected chi connectivity index (χ3v) is 2.38. The molecule has 0 aromatic carbocycles. The summed E-state index contributed by atoms with van der Waals surface area (Å²) in [5, 5.41) is 7.61. The van der Waals surface area contributed by atoms with E-state index in [2.05, 4.69) is 10.3 Å². The minimum Gasteiger partial charge on any atom is -0.323 e. The zero-order valence-corrected chi connectivity index (χ0v) is 9.74. The molecule has 0 aliphatic rings. The fraction of sp³-hybridized carbons (Fsp3) is 0.800. The number of halogens is 3. The lowest BCUT2D eigenvalue weighted by atomic mass is 10.1. The molecule has 0 saturated heterocycles. The lowest BCUT2D eigenvalue weighted by Crippen LogP contribution is -2.10. The predicted octanol–water partition coefficient (Wildman–Crippen LogP) is 2.42. The molecular formula is C10H17F3N4. The molecule has 0 saturated carbocycles. The van der Waals surface area contributed by atoms with Crippen LogP contribution < -0.4 is 5.73 Å². The fourth-order valence-electron chi connectivity index (χ4n) is 1.49. The van der Waals surface area contributed by atoms with Crippen LogP contribution in [-0.2, 0) is 6.54 Å². The molecule has 1 rings (SSSR count). The SMILES string of the molecule is CCCC(N)c1cn(CCCC(F)(F)F)nn1. The summed E-state index contributed by atoms with van der Waals surface area (Å²) in [6, 6.07) is -0.184. The van der Waals surface area contributed by atoms with Crippen molar-refractivity contribution in [2.24, 2.45) is 5.73 Å². The molecule has 1 heterocycles. The van der Waals surface area contributed by atoms with Gasteiger partial charge in [0.05, 0.1) is 17.9 Å². The van der Waals surface area contributed by atoms with Gasteiger partial charge in [-0.3, -0.25) is 4.68 Å². The molecule has 0 aliphatic heterocycles. The highest BCUT2D eigenvalue weighted by Gasteiger charge is 2.26. The van der Waals surface area contributed by atoms with Crippen molar-refractivity contribution in [2.75, 3.05) is 0 Å². The van der Waals surface area contributed by atoms with Crippen LogP contribution >= 0.6 is 0 Å². The Morgan fingerprint density at radius 3 is 2.76 bits per heavy atom. The second kappa shape index (κ2) is 6.00. The second-order valence-corrected chi connectivity index (χ2v) is 4.02. The Hall–Kier alpha value is -1.11. The Labute approximate surface area is 98.0 Å². The molecule has 1 unspecified atom stereocenters. The number of rotatable bonds is 6. The van der Waals surface area contributed by atoms with E-state index in [9.17, 15) is 13.2 Å². The topological polar surface area (TPSA) is 56.7 Å². The molecule has 17 heavy (non-hydrogen) atoms. The first kappa shape index (κ1) is 14.0. The highest BCUT2D eigenvalue weighted by atomic mass is 19.4. The van der Waals surface area contributed by atoms with Gasteiger partial charge in [0.2, 0.25) is 0 Å². The van der Waals surface area contributed by atoms with Gasteiger partial charge >= 0.3 is 6.18 Å². The number of alkyl halides is 3. The summed E-state index contributed by atoms with van der Waals surface area (Å²) in [6.45, 7) is 2.22. The van der Waals surface area contributed by atoms with Crippen molar-refractivity contribution in [1.29, 1.82) is 0 Å². The Morgan fingerprint density at radius 2 is 2.18 bits per heavy atom. The lowest BCUT2D eigenvalue weighted by molar-refractivity contribution is -0.136. The van der Waals surface area contributed by atoms with Crippen LogP contribution in [0.25, 0.3) is 0 Å². The van der Waals surface area contributed by atoms with Crippen LogP contribution in [0.15, 0.2) is 6.20 Å². The molecule has 0 bridgehead atoms. The third kappa shape index (κ3) is 5.16. The summed E-state index contributed by atoms with van der Waals surface area (Å²) in [5.41, 5.74) is 6.46. The number of aryl methyl sites for hydroxylation is 1. The van der Waals surface area contributed by atoms with Crippen LogP contribution in [0.3, 0.4) is 0 Å². The average Bonchev–Trinajstić information content (AvgIpc) is 2.65. The molecule has 7 heteroatoms. The van der Waals surface area contributed by atoms with Crippen molar-refractivity contribution in [1.82, 2.24) is 15.0 Å². The molecule has 2 N–H and O–H groups in total. The first-order chi connectivity index (χ1) is 7.92. The molecule has 1 atom stereocenters. The van der Waals surface area contributed by atoms with Crippen LogP contribution in [0.5, 0.6) is 0 Å². The van der Waals surface area contributed by atoms with Gasteiger partial charge in [0, 0.05) is 13.0 Å². The van der Waals surface area contributed by atoms with Gasteiger partial charge in [-0.15, -0.1) is 5.10 Å². The Bertz CT molecular complexity index is 335. The fourth-order valence-corrected chi connectivity index (χ4v) is 1.49. The van der Waals surface area contributed by atoms with Gasteiger partial charge in [0.1, 0.15) is 0 Å². The highest BCUT2D eigenvalue weighted by Crippen LogP contribution is 2.21. The molecule has 0 radical (unpaired) electrons. The maximum absolute atomic E-state index is 11.9. The van der Waals surface area contributed by atoms with Crippen molar-refractivity contribution >= 4 is 0 Å². The molecule has 0 amide bonds. The summed E-state index contributed by atoms with van der Waals surface area (Å²) in [6.07, 6.45) is -1.55. The van der Waals surface area contributed by atoms with E-state index in [1.807, 2.05) is 6.92 Å². The summed E-state index contributed by atoms with van der Waals surface area (Å²) in [7, 11) is 0. The largest absolute Gasteiger partial charge is 0.389 e. The number of aromatic nitrogens is 3. The number of hydrogen-bond donors (Lipinski definition) is 1.